The van der Waals surface area contributed by atoms with Gasteiger partial charge in [0.1, 0.15) is 5.75 Å². The van der Waals surface area contributed by atoms with Gasteiger partial charge in [0, 0.05) is 28.7 Å². The Kier molecular flexibility index (Phi) is 5.94. The Morgan fingerprint density at radius 2 is 1.83 bits per heavy atom. The number of benzene rings is 2. The molecule has 30 heavy (non-hydrogen) atoms. The fraction of sp³-hybridized carbons (Fsp3) is 0.409. The lowest BCUT2D eigenvalue weighted by atomic mass is 9.37. The molecular formula is C22H23Cl3N2O3. The molecule has 2 aromatic carbocycles. The average Bonchev–Trinajstić information content (AvgIpc) is 2.71. The first kappa shape index (κ1) is 21.7. The van der Waals surface area contributed by atoms with Gasteiger partial charge in [0.2, 0.25) is 0 Å². The maximum Gasteiger partial charge on any atom is 0.258 e. The van der Waals surface area contributed by atoms with E-state index in [1.807, 2.05) is 12.1 Å². The number of carbonyl (C=O) groups is 1. The lowest BCUT2D eigenvalue weighted by Crippen LogP contribution is -2.89. The second-order valence-electron chi connectivity index (χ2n) is 8.25. The van der Waals surface area contributed by atoms with Crippen molar-refractivity contribution in [2.75, 3.05) is 13.2 Å². The van der Waals surface area contributed by atoms with Crippen molar-refractivity contribution in [1.82, 2.24) is 10.6 Å². The molecule has 3 fully saturated rings. The summed E-state index contributed by atoms with van der Waals surface area (Å²) in [5.74, 6) is 0.610. The summed E-state index contributed by atoms with van der Waals surface area (Å²) in [6.45, 7) is 2.49. The summed E-state index contributed by atoms with van der Waals surface area (Å²) in [7, 11) is 0. The predicted molar refractivity (Wildman–Crippen MR) is 118 cm³/mol. The second kappa shape index (κ2) is 8.21. The van der Waals surface area contributed by atoms with Crippen molar-refractivity contribution in [2.45, 2.75) is 36.9 Å². The van der Waals surface area contributed by atoms with Gasteiger partial charge in [-0.3, -0.25) is 4.79 Å². The third-order valence-corrected chi connectivity index (χ3v) is 7.46. The number of aliphatic hydroxyl groups is 1. The molecule has 3 aliphatic rings. The zero-order valence-corrected chi connectivity index (χ0v) is 18.7. The van der Waals surface area contributed by atoms with Crippen LogP contribution in [0.25, 0.3) is 0 Å². The molecule has 3 N–H and O–H groups in total. The minimum absolute atomic E-state index is 0.0365. The topological polar surface area (TPSA) is 70.6 Å². The number of ether oxygens (including phenoxy) is 1. The number of aliphatic hydroxyl groups excluding tert-OH is 1. The summed E-state index contributed by atoms with van der Waals surface area (Å²) >= 11 is 17.7. The number of β-amino-alcohol motifs (C(OH)–C–C–N with tert-alkyl or cyclic N) is 1. The maximum atomic E-state index is 12.4. The van der Waals surface area contributed by atoms with Crippen LogP contribution in [0.1, 0.15) is 31.4 Å². The van der Waals surface area contributed by atoms with Crippen molar-refractivity contribution >= 4 is 40.7 Å². The lowest BCUT2D eigenvalue weighted by molar-refractivity contribution is -0.181. The van der Waals surface area contributed by atoms with E-state index in [-0.39, 0.29) is 29.5 Å². The monoisotopic (exact) mass is 468 g/mol. The molecule has 0 aliphatic heterocycles. The third kappa shape index (κ3) is 4.02. The van der Waals surface area contributed by atoms with Crippen molar-refractivity contribution in [2.24, 2.45) is 5.92 Å². The molecule has 2 aromatic rings. The Hall–Kier alpha value is -1.50. The number of hydrogen-bond donors (Lipinski definition) is 3. The molecule has 3 saturated carbocycles. The second-order valence-corrected chi connectivity index (χ2v) is 9.50. The molecular weight excluding hydrogens is 447 g/mol. The van der Waals surface area contributed by atoms with Gasteiger partial charge >= 0.3 is 0 Å². The predicted octanol–water partition coefficient (Wildman–Crippen LogP) is 4.39. The molecule has 8 heteroatoms. The molecule has 0 spiro atoms. The highest BCUT2D eigenvalue weighted by atomic mass is 35.5. The van der Waals surface area contributed by atoms with Crippen LogP contribution in [-0.4, -0.2) is 35.2 Å². The van der Waals surface area contributed by atoms with Crippen LogP contribution in [0.15, 0.2) is 42.5 Å². The molecule has 0 aromatic heterocycles. The molecule has 5 rings (SSSR count). The molecule has 1 unspecified atom stereocenters. The first-order valence-corrected chi connectivity index (χ1v) is 10.9. The van der Waals surface area contributed by atoms with Crippen LogP contribution in [0.2, 0.25) is 15.1 Å². The zero-order valence-electron chi connectivity index (χ0n) is 16.4. The highest BCUT2D eigenvalue weighted by Crippen LogP contribution is 2.64. The Morgan fingerprint density at radius 1 is 1.13 bits per heavy atom. The summed E-state index contributed by atoms with van der Waals surface area (Å²) in [5.41, 5.74) is 0.593. The van der Waals surface area contributed by atoms with Crippen molar-refractivity contribution in [3.8, 4) is 5.75 Å². The Balaban J connectivity index is 1.23. The van der Waals surface area contributed by atoms with Crippen LogP contribution in [0.5, 0.6) is 5.75 Å². The molecule has 0 saturated heterocycles. The molecule has 1 amide bonds. The summed E-state index contributed by atoms with van der Waals surface area (Å²) in [6.07, 6.45) is 1.08. The summed E-state index contributed by atoms with van der Waals surface area (Å²) in [4.78, 5) is 12.4. The summed E-state index contributed by atoms with van der Waals surface area (Å²) in [6, 6.07) is 12.1. The molecule has 0 radical (unpaired) electrons. The van der Waals surface area contributed by atoms with Crippen LogP contribution < -0.4 is 15.4 Å². The van der Waals surface area contributed by atoms with Gasteiger partial charge < -0.3 is 20.5 Å². The lowest BCUT2D eigenvalue weighted by Gasteiger charge is -2.76. The highest BCUT2D eigenvalue weighted by molar-refractivity contribution is 6.42. The van der Waals surface area contributed by atoms with Crippen LogP contribution in [0.4, 0.5) is 0 Å². The highest BCUT2D eigenvalue weighted by Gasteiger charge is 2.74. The van der Waals surface area contributed by atoms with Crippen LogP contribution in [0, 0.1) is 5.92 Å². The van der Waals surface area contributed by atoms with Gasteiger partial charge in [-0.15, -0.1) is 0 Å². The number of carbonyl (C=O) groups excluding carboxylic acids is 1. The van der Waals surface area contributed by atoms with Crippen molar-refractivity contribution < 1.29 is 14.6 Å². The molecule has 0 heterocycles. The van der Waals surface area contributed by atoms with Crippen LogP contribution in [-0.2, 0) is 4.79 Å². The van der Waals surface area contributed by atoms with E-state index < -0.39 is 6.10 Å². The van der Waals surface area contributed by atoms with Gasteiger partial charge in [-0.2, -0.15) is 0 Å². The number of halogens is 3. The molecule has 2 bridgehead atoms. The van der Waals surface area contributed by atoms with Crippen LogP contribution >= 0.6 is 34.8 Å². The number of hydrogen-bond acceptors (Lipinski definition) is 4. The van der Waals surface area contributed by atoms with Crippen molar-refractivity contribution in [3.05, 3.63) is 63.1 Å². The summed E-state index contributed by atoms with van der Waals surface area (Å²) < 4.78 is 5.52. The Bertz CT molecular complexity index is 945. The van der Waals surface area contributed by atoms with E-state index in [1.54, 1.807) is 30.3 Å². The quantitative estimate of drug-likeness (QED) is 0.536. The number of rotatable bonds is 8. The minimum atomic E-state index is -0.603. The number of amides is 1. The van der Waals surface area contributed by atoms with E-state index in [1.165, 1.54) is 0 Å². The van der Waals surface area contributed by atoms with E-state index in [4.69, 9.17) is 39.5 Å². The third-order valence-electron chi connectivity index (χ3n) is 6.47. The molecule has 2 atom stereocenters. The van der Waals surface area contributed by atoms with E-state index in [0.717, 1.165) is 18.4 Å². The normalized spacial score (nSPS) is 27.6. The summed E-state index contributed by atoms with van der Waals surface area (Å²) in [5, 5.41) is 18.5. The van der Waals surface area contributed by atoms with Gasteiger partial charge in [0.05, 0.1) is 16.1 Å². The minimum Gasteiger partial charge on any atom is -0.484 e. The van der Waals surface area contributed by atoms with Gasteiger partial charge in [-0.25, -0.2) is 0 Å². The van der Waals surface area contributed by atoms with E-state index in [2.05, 4.69) is 17.6 Å². The molecule has 5 nitrogen and oxygen atoms in total. The van der Waals surface area contributed by atoms with Gasteiger partial charge in [-0.1, -0.05) is 53.9 Å². The number of nitrogens with one attached hydrogen (secondary N) is 2. The van der Waals surface area contributed by atoms with Gasteiger partial charge in [0.15, 0.2) is 6.61 Å². The SMILES string of the molecule is C[C@H]1C2(NCC(O)c3ccc(Cl)cc3)CC1(NC(=O)COc1ccc(Cl)c(Cl)c1)C2. The fourth-order valence-electron chi connectivity index (χ4n) is 4.56. The Morgan fingerprint density at radius 3 is 2.47 bits per heavy atom. The van der Waals surface area contributed by atoms with E-state index in [9.17, 15) is 9.90 Å². The van der Waals surface area contributed by atoms with E-state index in [0.29, 0.717) is 27.4 Å². The van der Waals surface area contributed by atoms with Gasteiger partial charge in [-0.05, 0) is 48.6 Å². The van der Waals surface area contributed by atoms with E-state index >= 15 is 0 Å². The van der Waals surface area contributed by atoms with Crippen LogP contribution in [0.3, 0.4) is 0 Å². The average molecular weight is 470 g/mol. The standard InChI is InChI=1S/C22H23Cl3N2O3/c1-13-21(26-9-19(28)14-2-4-15(23)5-3-14)11-22(13,12-21)27-20(29)10-30-16-6-7-17(24)18(25)8-16/h2-8,13,19,26,28H,9-12H2,1H3,(H,27,29)/t13-,19?,21?,22?/m0/s1. The molecule has 3 aliphatic carbocycles. The zero-order chi connectivity index (χ0) is 21.5. The maximum absolute atomic E-state index is 12.4. The molecule has 160 valence electrons. The van der Waals surface area contributed by atoms with Gasteiger partial charge in [0.25, 0.3) is 5.91 Å². The Labute approximate surface area is 190 Å². The first-order chi connectivity index (χ1) is 14.2. The first-order valence-electron chi connectivity index (χ1n) is 9.80. The van der Waals surface area contributed by atoms with Crippen molar-refractivity contribution in [1.29, 1.82) is 0 Å². The smallest absolute Gasteiger partial charge is 0.258 e. The fourth-order valence-corrected chi connectivity index (χ4v) is 4.97. The largest absolute Gasteiger partial charge is 0.484 e. The van der Waals surface area contributed by atoms with Crippen molar-refractivity contribution in [3.63, 3.8) is 0 Å².